The summed E-state index contributed by atoms with van der Waals surface area (Å²) in [6, 6.07) is 1.86. The number of halogens is 2. The average molecular weight is 374 g/mol. The summed E-state index contributed by atoms with van der Waals surface area (Å²) in [7, 11) is 0. The molecule has 1 saturated heterocycles. The van der Waals surface area contributed by atoms with Gasteiger partial charge in [-0.3, -0.25) is 9.98 Å². The van der Waals surface area contributed by atoms with Crippen LogP contribution in [0.2, 0.25) is 0 Å². The highest BCUT2D eigenvalue weighted by molar-refractivity contribution is 6.37. The molecule has 1 aromatic rings. The summed E-state index contributed by atoms with van der Waals surface area (Å²) in [4.78, 5) is 8.78. The van der Waals surface area contributed by atoms with Crippen LogP contribution in [0.4, 0.5) is 8.78 Å². The van der Waals surface area contributed by atoms with Gasteiger partial charge in [0.05, 0.1) is 24.6 Å². The Kier molecular flexibility index (Phi) is 6.17. The van der Waals surface area contributed by atoms with Gasteiger partial charge in [-0.2, -0.15) is 5.10 Å². The molecule has 0 amide bonds. The first-order chi connectivity index (χ1) is 13.0. The number of ether oxygens (including phenoxy) is 1. The van der Waals surface area contributed by atoms with Crippen LogP contribution in [-0.2, 0) is 4.74 Å². The lowest BCUT2D eigenvalue weighted by Crippen LogP contribution is -2.34. The Labute approximate surface area is 158 Å². The number of nitrogens with two attached hydrogens (primary N) is 1. The fraction of sp³-hybridized carbons (Fsp3) is 0.550. The molecule has 0 spiro atoms. The Bertz CT molecular complexity index is 781. The minimum atomic E-state index is -2.55. The van der Waals surface area contributed by atoms with Crippen molar-refractivity contribution >= 4 is 11.9 Å². The minimum Gasteiger partial charge on any atom is -0.376 e. The third-order valence-electron chi connectivity index (χ3n) is 4.77. The van der Waals surface area contributed by atoms with Crippen molar-refractivity contribution in [1.29, 1.82) is 0 Å². The lowest BCUT2D eigenvalue weighted by molar-refractivity contribution is -0.0936. The Balaban J connectivity index is 1.62. The van der Waals surface area contributed by atoms with E-state index in [1.165, 1.54) is 6.42 Å². The van der Waals surface area contributed by atoms with E-state index in [1.807, 2.05) is 13.0 Å². The zero-order valence-electron chi connectivity index (χ0n) is 15.4. The van der Waals surface area contributed by atoms with Crippen molar-refractivity contribution in [3.05, 3.63) is 29.1 Å². The van der Waals surface area contributed by atoms with E-state index >= 15 is 0 Å². The van der Waals surface area contributed by atoms with E-state index in [0.29, 0.717) is 23.5 Å². The molecule has 1 unspecified atom stereocenters. The molecule has 2 aliphatic rings. The van der Waals surface area contributed by atoms with Gasteiger partial charge in [0.2, 0.25) is 0 Å². The molecule has 5 nitrogen and oxygen atoms in total. The predicted octanol–water partition coefficient (Wildman–Crippen LogP) is 3.09. The van der Waals surface area contributed by atoms with Gasteiger partial charge in [0.1, 0.15) is 5.71 Å². The molecule has 2 heterocycles. The predicted molar refractivity (Wildman–Crippen MR) is 101 cm³/mol. The molecule has 1 aliphatic carbocycles. The van der Waals surface area contributed by atoms with Crippen molar-refractivity contribution in [2.75, 3.05) is 13.2 Å². The first-order valence-corrected chi connectivity index (χ1v) is 9.22. The van der Waals surface area contributed by atoms with Crippen molar-refractivity contribution in [3.63, 3.8) is 0 Å². The summed E-state index contributed by atoms with van der Waals surface area (Å²) in [5.41, 5.74) is 2.66. The highest BCUT2D eigenvalue weighted by Crippen LogP contribution is 2.41. The lowest BCUT2D eigenvalue weighted by atomic mass is 9.82. The molecular formula is C20H24F2N4O. The first-order valence-electron chi connectivity index (χ1n) is 9.22. The van der Waals surface area contributed by atoms with Gasteiger partial charge in [0.15, 0.2) is 0 Å². The van der Waals surface area contributed by atoms with Crippen LogP contribution in [0.1, 0.15) is 48.9 Å². The van der Waals surface area contributed by atoms with Gasteiger partial charge in [-0.1, -0.05) is 11.8 Å². The van der Waals surface area contributed by atoms with Crippen molar-refractivity contribution in [2.24, 2.45) is 21.9 Å². The normalized spacial score (nSPS) is 22.9. The summed E-state index contributed by atoms with van der Waals surface area (Å²) in [6.45, 7) is 3.25. The van der Waals surface area contributed by atoms with E-state index in [4.69, 9.17) is 10.6 Å². The molecule has 1 atom stereocenters. The van der Waals surface area contributed by atoms with Crippen LogP contribution >= 0.6 is 0 Å². The molecule has 144 valence electrons. The van der Waals surface area contributed by atoms with E-state index in [0.717, 1.165) is 25.0 Å². The lowest BCUT2D eigenvalue weighted by Gasteiger charge is -2.31. The maximum absolute atomic E-state index is 12.9. The standard InChI is InChI=1S/C20H24F2N4O/c1-14-8-15(5-6-16-9-20(21,22)10-16)11-25-19(14)18(26-23)13-24-12-17-4-2-3-7-27-17/h8,11,13,16-17H,2-4,7,9-10,12,23H2,1H3/b24-13?,26-18+. The maximum Gasteiger partial charge on any atom is 0.250 e. The molecular weight excluding hydrogens is 350 g/mol. The number of rotatable bonds is 4. The second-order valence-corrected chi connectivity index (χ2v) is 7.12. The summed E-state index contributed by atoms with van der Waals surface area (Å²) in [6.07, 6.45) is 6.36. The number of aryl methyl sites for hydroxylation is 1. The third kappa shape index (κ3) is 5.33. The van der Waals surface area contributed by atoms with Crippen LogP contribution in [0.15, 0.2) is 22.4 Å². The molecule has 0 aromatic carbocycles. The average Bonchev–Trinajstić information content (AvgIpc) is 2.63. The van der Waals surface area contributed by atoms with Gasteiger partial charge in [0, 0.05) is 37.1 Å². The van der Waals surface area contributed by atoms with Crippen molar-refractivity contribution < 1.29 is 13.5 Å². The highest BCUT2D eigenvalue weighted by Gasteiger charge is 2.44. The van der Waals surface area contributed by atoms with E-state index in [1.54, 1.807) is 12.4 Å². The molecule has 27 heavy (non-hydrogen) atoms. The fourth-order valence-electron chi connectivity index (χ4n) is 3.22. The zero-order chi connectivity index (χ0) is 19.3. The molecule has 1 aromatic heterocycles. The number of aliphatic imine (C=N–C) groups is 1. The number of hydrogen-bond acceptors (Lipinski definition) is 5. The first kappa shape index (κ1) is 19.4. The second kappa shape index (κ2) is 8.57. The Morgan fingerprint density at radius 3 is 2.89 bits per heavy atom. The van der Waals surface area contributed by atoms with Crippen molar-refractivity contribution in [1.82, 2.24) is 4.98 Å². The summed E-state index contributed by atoms with van der Waals surface area (Å²) in [5.74, 6) is 8.53. The van der Waals surface area contributed by atoms with E-state index in [-0.39, 0.29) is 24.9 Å². The fourth-order valence-corrected chi connectivity index (χ4v) is 3.22. The molecule has 0 bridgehead atoms. The van der Waals surface area contributed by atoms with Gasteiger partial charge in [-0.05, 0) is 37.8 Å². The second-order valence-electron chi connectivity index (χ2n) is 7.12. The Morgan fingerprint density at radius 1 is 1.44 bits per heavy atom. The largest absolute Gasteiger partial charge is 0.376 e. The smallest absolute Gasteiger partial charge is 0.250 e. The number of aromatic nitrogens is 1. The minimum absolute atomic E-state index is 0.152. The van der Waals surface area contributed by atoms with Crippen LogP contribution in [0.5, 0.6) is 0 Å². The molecule has 3 rings (SSSR count). The van der Waals surface area contributed by atoms with E-state index in [9.17, 15) is 8.78 Å². The zero-order valence-corrected chi connectivity index (χ0v) is 15.4. The van der Waals surface area contributed by atoms with Crippen LogP contribution in [0, 0.1) is 24.7 Å². The Morgan fingerprint density at radius 2 is 2.26 bits per heavy atom. The topological polar surface area (TPSA) is 72.9 Å². The number of alkyl halides is 2. The van der Waals surface area contributed by atoms with Gasteiger partial charge >= 0.3 is 0 Å². The Hall–Kier alpha value is -2.33. The molecule has 2 fully saturated rings. The maximum atomic E-state index is 12.9. The SMILES string of the molecule is Cc1cc(C#CC2CC(F)(F)C2)cnc1/C(C=NCC1CCCCO1)=N/N. The van der Waals surface area contributed by atoms with Gasteiger partial charge in [-0.15, -0.1) is 0 Å². The van der Waals surface area contributed by atoms with Gasteiger partial charge in [-0.25, -0.2) is 8.78 Å². The van der Waals surface area contributed by atoms with Crippen LogP contribution in [0.25, 0.3) is 0 Å². The molecule has 2 N–H and O–H groups in total. The molecule has 7 heteroatoms. The number of hydrogen-bond donors (Lipinski definition) is 1. The van der Waals surface area contributed by atoms with Gasteiger partial charge in [0.25, 0.3) is 5.92 Å². The van der Waals surface area contributed by atoms with Crippen LogP contribution < -0.4 is 5.84 Å². The third-order valence-corrected chi connectivity index (χ3v) is 4.77. The molecule has 0 radical (unpaired) electrons. The molecule has 1 aliphatic heterocycles. The summed E-state index contributed by atoms with van der Waals surface area (Å²) < 4.78 is 31.4. The van der Waals surface area contributed by atoms with Crippen LogP contribution in [-0.4, -0.2) is 42.1 Å². The number of nitrogens with zero attached hydrogens (tertiary/aromatic N) is 3. The van der Waals surface area contributed by atoms with Gasteiger partial charge < -0.3 is 10.6 Å². The monoisotopic (exact) mass is 374 g/mol. The number of hydrazone groups is 1. The highest BCUT2D eigenvalue weighted by atomic mass is 19.3. The van der Waals surface area contributed by atoms with E-state index in [2.05, 4.69) is 26.9 Å². The molecule has 1 saturated carbocycles. The van der Waals surface area contributed by atoms with E-state index < -0.39 is 5.92 Å². The van der Waals surface area contributed by atoms with Crippen molar-refractivity contribution in [2.45, 2.75) is 51.1 Å². The van der Waals surface area contributed by atoms with Crippen molar-refractivity contribution in [3.8, 4) is 11.8 Å². The summed E-state index contributed by atoms with van der Waals surface area (Å²) in [5, 5.41) is 3.79. The van der Waals surface area contributed by atoms with Crippen LogP contribution in [0.3, 0.4) is 0 Å². The summed E-state index contributed by atoms with van der Waals surface area (Å²) >= 11 is 0. The quantitative estimate of drug-likeness (QED) is 0.381. The number of pyridine rings is 1.